The van der Waals surface area contributed by atoms with Gasteiger partial charge in [0.15, 0.2) is 0 Å². The Balaban J connectivity index is 2.43. The highest BCUT2D eigenvalue weighted by atomic mass is 15.0. The number of hydrogen-bond donors (Lipinski definition) is 2. The van der Waals surface area contributed by atoms with Crippen LogP contribution in [0, 0.1) is 0 Å². The second-order valence-electron chi connectivity index (χ2n) is 4.18. The molecule has 0 saturated carbocycles. The van der Waals surface area contributed by atoms with Crippen molar-refractivity contribution >= 4 is 0 Å². The molecule has 3 N–H and O–H groups in total. The van der Waals surface area contributed by atoms with Crippen LogP contribution in [0.15, 0.2) is 0 Å². The zero-order valence-electron chi connectivity index (χ0n) is 7.69. The molecule has 0 aromatic carbocycles. The van der Waals surface area contributed by atoms with Crippen LogP contribution in [0.5, 0.6) is 0 Å². The van der Waals surface area contributed by atoms with Crippen LogP contribution in [0.2, 0.25) is 0 Å². The molecular weight excluding hydrogens is 136 g/mol. The minimum Gasteiger partial charge on any atom is -0.324 e. The van der Waals surface area contributed by atoms with E-state index < -0.39 is 0 Å². The van der Waals surface area contributed by atoms with Crippen LogP contribution in [0.3, 0.4) is 0 Å². The number of nitrogens with two attached hydrogens (primary N) is 1. The molecule has 0 aromatic heterocycles. The molecule has 0 amide bonds. The Morgan fingerprint density at radius 1 is 1.27 bits per heavy atom. The lowest BCUT2D eigenvalue weighted by Crippen LogP contribution is -2.52. The average molecular weight is 156 g/mol. The maximum Gasteiger partial charge on any atom is 0.0252 e. The van der Waals surface area contributed by atoms with Crippen LogP contribution in [0.4, 0.5) is 0 Å². The Kier molecular flexibility index (Phi) is 2.90. The van der Waals surface area contributed by atoms with E-state index in [1.54, 1.807) is 0 Å². The van der Waals surface area contributed by atoms with Crippen molar-refractivity contribution in [1.29, 1.82) is 0 Å². The fourth-order valence-corrected chi connectivity index (χ4v) is 1.66. The first-order chi connectivity index (χ1) is 5.11. The van der Waals surface area contributed by atoms with Gasteiger partial charge in [-0.1, -0.05) is 12.8 Å². The summed E-state index contributed by atoms with van der Waals surface area (Å²) in [6.07, 6.45) is 5.24. The van der Waals surface area contributed by atoms with Crippen molar-refractivity contribution in [2.24, 2.45) is 5.73 Å². The molecule has 66 valence electrons. The SMILES string of the molecule is CC(C)(N)C1CCCCCN1. The molecule has 0 aliphatic carbocycles. The normalized spacial score (nSPS) is 28.1. The van der Waals surface area contributed by atoms with Gasteiger partial charge in [-0.25, -0.2) is 0 Å². The minimum absolute atomic E-state index is 0.0512. The smallest absolute Gasteiger partial charge is 0.0252 e. The van der Waals surface area contributed by atoms with E-state index in [2.05, 4.69) is 19.2 Å². The second kappa shape index (κ2) is 3.55. The third-order valence-corrected chi connectivity index (χ3v) is 2.46. The van der Waals surface area contributed by atoms with Gasteiger partial charge in [0, 0.05) is 11.6 Å². The van der Waals surface area contributed by atoms with E-state index in [1.807, 2.05) is 0 Å². The molecule has 1 fully saturated rings. The van der Waals surface area contributed by atoms with Gasteiger partial charge in [-0.2, -0.15) is 0 Å². The molecule has 1 aliphatic rings. The van der Waals surface area contributed by atoms with Gasteiger partial charge in [0.2, 0.25) is 0 Å². The first-order valence-corrected chi connectivity index (χ1v) is 4.63. The predicted octanol–water partition coefficient (Wildman–Crippen LogP) is 1.26. The van der Waals surface area contributed by atoms with E-state index in [-0.39, 0.29) is 5.54 Å². The zero-order chi connectivity index (χ0) is 8.32. The molecule has 0 bridgehead atoms. The Morgan fingerprint density at radius 3 is 2.64 bits per heavy atom. The van der Waals surface area contributed by atoms with Gasteiger partial charge in [0.1, 0.15) is 0 Å². The van der Waals surface area contributed by atoms with Crippen molar-refractivity contribution < 1.29 is 0 Å². The lowest BCUT2D eigenvalue weighted by atomic mass is 9.92. The highest BCUT2D eigenvalue weighted by Crippen LogP contribution is 2.16. The molecule has 2 nitrogen and oxygen atoms in total. The molecule has 1 aliphatic heterocycles. The van der Waals surface area contributed by atoms with E-state index in [0.717, 1.165) is 6.54 Å². The van der Waals surface area contributed by atoms with E-state index in [4.69, 9.17) is 5.73 Å². The van der Waals surface area contributed by atoms with Gasteiger partial charge in [-0.05, 0) is 33.2 Å². The van der Waals surface area contributed by atoms with E-state index in [9.17, 15) is 0 Å². The summed E-state index contributed by atoms with van der Waals surface area (Å²) in [5.74, 6) is 0. The van der Waals surface area contributed by atoms with E-state index >= 15 is 0 Å². The van der Waals surface area contributed by atoms with Gasteiger partial charge < -0.3 is 11.1 Å². The van der Waals surface area contributed by atoms with E-state index in [1.165, 1.54) is 25.7 Å². The topological polar surface area (TPSA) is 38.0 Å². The maximum atomic E-state index is 6.02. The third-order valence-electron chi connectivity index (χ3n) is 2.46. The summed E-state index contributed by atoms with van der Waals surface area (Å²) in [7, 11) is 0. The third kappa shape index (κ3) is 2.80. The summed E-state index contributed by atoms with van der Waals surface area (Å²) >= 11 is 0. The molecule has 11 heavy (non-hydrogen) atoms. The summed E-state index contributed by atoms with van der Waals surface area (Å²) in [6.45, 7) is 5.36. The number of nitrogens with one attached hydrogen (secondary N) is 1. The lowest BCUT2D eigenvalue weighted by molar-refractivity contribution is 0.336. The molecule has 1 atom stereocenters. The molecule has 0 aromatic rings. The maximum absolute atomic E-state index is 6.02. The van der Waals surface area contributed by atoms with Gasteiger partial charge >= 0.3 is 0 Å². The summed E-state index contributed by atoms with van der Waals surface area (Å²) in [5, 5.41) is 3.50. The largest absolute Gasteiger partial charge is 0.324 e. The van der Waals surface area contributed by atoms with Crippen LogP contribution in [-0.2, 0) is 0 Å². The fraction of sp³-hybridized carbons (Fsp3) is 1.00. The Morgan fingerprint density at radius 2 is 2.00 bits per heavy atom. The van der Waals surface area contributed by atoms with Crippen molar-refractivity contribution in [3.05, 3.63) is 0 Å². The highest BCUT2D eigenvalue weighted by molar-refractivity contribution is 4.88. The minimum atomic E-state index is -0.0512. The summed E-state index contributed by atoms with van der Waals surface area (Å²) in [5.41, 5.74) is 5.97. The zero-order valence-corrected chi connectivity index (χ0v) is 7.69. The molecule has 2 heteroatoms. The molecule has 0 spiro atoms. The standard InChI is InChI=1S/C9H20N2/c1-9(2,10)8-6-4-3-5-7-11-8/h8,11H,3-7,10H2,1-2H3. The Labute approximate surface area is 69.5 Å². The Hall–Kier alpha value is -0.0800. The highest BCUT2D eigenvalue weighted by Gasteiger charge is 2.24. The molecule has 0 radical (unpaired) electrons. The number of rotatable bonds is 1. The van der Waals surface area contributed by atoms with Crippen LogP contribution in [0.1, 0.15) is 39.5 Å². The molecular formula is C9H20N2. The summed E-state index contributed by atoms with van der Waals surface area (Å²) in [4.78, 5) is 0. The first kappa shape index (κ1) is 9.01. The predicted molar refractivity (Wildman–Crippen MR) is 48.5 cm³/mol. The second-order valence-corrected chi connectivity index (χ2v) is 4.18. The molecule has 1 heterocycles. The number of hydrogen-bond acceptors (Lipinski definition) is 2. The quantitative estimate of drug-likeness (QED) is 0.599. The van der Waals surface area contributed by atoms with Crippen molar-refractivity contribution in [3.8, 4) is 0 Å². The first-order valence-electron chi connectivity index (χ1n) is 4.63. The van der Waals surface area contributed by atoms with Gasteiger partial charge in [0.25, 0.3) is 0 Å². The van der Waals surface area contributed by atoms with Crippen molar-refractivity contribution in [2.45, 2.75) is 51.1 Å². The molecule has 1 saturated heterocycles. The van der Waals surface area contributed by atoms with Crippen molar-refractivity contribution in [2.75, 3.05) is 6.54 Å². The van der Waals surface area contributed by atoms with Crippen molar-refractivity contribution in [3.63, 3.8) is 0 Å². The lowest BCUT2D eigenvalue weighted by Gasteiger charge is -2.30. The van der Waals surface area contributed by atoms with Crippen LogP contribution in [0.25, 0.3) is 0 Å². The summed E-state index contributed by atoms with van der Waals surface area (Å²) < 4.78 is 0. The van der Waals surface area contributed by atoms with Gasteiger partial charge in [-0.3, -0.25) is 0 Å². The van der Waals surface area contributed by atoms with Crippen LogP contribution >= 0.6 is 0 Å². The van der Waals surface area contributed by atoms with Gasteiger partial charge in [0.05, 0.1) is 0 Å². The molecule has 1 unspecified atom stereocenters. The molecule has 1 rings (SSSR count). The fourth-order valence-electron chi connectivity index (χ4n) is 1.66. The van der Waals surface area contributed by atoms with Crippen molar-refractivity contribution in [1.82, 2.24) is 5.32 Å². The summed E-state index contributed by atoms with van der Waals surface area (Å²) in [6, 6.07) is 0.519. The van der Waals surface area contributed by atoms with E-state index in [0.29, 0.717) is 6.04 Å². The average Bonchev–Trinajstić information content (AvgIpc) is 2.10. The van der Waals surface area contributed by atoms with Crippen LogP contribution < -0.4 is 11.1 Å². The monoisotopic (exact) mass is 156 g/mol. The van der Waals surface area contributed by atoms with Crippen LogP contribution in [-0.4, -0.2) is 18.1 Å². The van der Waals surface area contributed by atoms with Gasteiger partial charge in [-0.15, -0.1) is 0 Å². The Bertz CT molecular complexity index is 107.